The summed E-state index contributed by atoms with van der Waals surface area (Å²) < 4.78 is 0. The molecule has 3 nitrogen and oxygen atoms in total. The number of nitrogens with zero attached hydrogens (tertiary/aromatic N) is 1. The lowest BCUT2D eigenvalue weighted by Crippen LogP contribution is -2.45. The molecule has 0 atom stereocenters. The highest BCUT2D eigenvalue weighted by Gasteiger charge is 2.27. The minimum atomic E-state index is -0.318. The van der Waals surface area contributed by atoms with Gasteiger partial charge in [0, 0.05) is 12.1 Å². The third-order valence-corrected chi connectivity index (χ3v) is 2.83. The summed E-state index contributed by atoms with van der Waals surface area (Å²) in [7, 11) is 0. The number of rotatable bonds is 3. The molecule has 3 heteroatoms. The number of aryl methyl sites for hydroxylation is 1. The van der Waals surface area contributed by atoms with Crippen molar-refractivity contribution in [2.75, 3.05) is 6.54 Å². The molecule has 98 valence electrons. The fourth-order valence-electron chi connectivity index (χ4n) is 1.77. The molecule has 1 aromatic carbocycles. The van der Waals surface area contributed by atoms with Gasteiger partial charge in [-0.3, -0.25) is 4.79 Å². The highest BCUT2D eigenvalue weighted by Crippen LogP contribution is 2.25. The molecule has 0 aliphatic rings. The lowest BCUT2D eigenvalue weighted by Gasteiger charge is -2.35. The number of hydrogen-bond donors (Lipinski definition) is 1. The van der Waals surface area contributed by atoms with Crippen LogP contribution in [-0.4, -0.2) is 28.0 Å². The van der Waals surface area contributed by atoms with Crippen LogP contribution in [0.4, 0.5) is 0 Å². The number of phenolic OH excluding ortho intramolecular Hbond substituents is 1. The van der Waals surface area contributed by atoms with Gasteiger partial charge in [0.25, 0.3) is 5.91 Å². The average molecular weight is 247 g/mol. The minimum absolute atomic E-state index is 0.0563. The molecule has 0 aliphatic heterocycles. The topological polar surface area (TPSA) is 40.5 Å². The molecule has 0 aliphatic carbocycles. The first-order chi connectivity index (χ1) is 8.29. The first-order valence-corrected chi connectivity index (χ1v) is 6.00. The monoisotopic (exact) mass is 247 g/mol. The van der Waals surface area contributed by atoms with Crippen molar-refractivity contribution in [2.24, 2.45) is 0 Å². The molecule has 0 fully saturated rings. The molecule has 0 saturated heterocycles. The van der Waals surface area contributed by atoms with E-state index in [1.807, 2.05) is 20.8 Å². The van der Waals surface area contributed by atoms with E-state index >= 15 is 0 Å². The Kier molecular flexibility index (Phi) is 4.17. The van der Waals surface area contributed by atoms with Gasteiger partial charge >= 0.3 is 0 Å². The maximum atomic E-state index is 12.5. The van der Waals surface area contributed by atoms with Crippen LogP contribution in [0.25, 0.3) is 0 Å². The van der Waals surface area contributed by atoms with Crippen LogP contribution in [0.2, 0.25) is 0 Å². The number of aromatic hydroxyl groups is 1. The van der Waals surface area contributed by atoms with Gasteiger partial charge in [-0.25, -0.2) is 0 Å². The zero-order valence-electron chi connectivity index (χ0n) is 11.5. The third-order valence-electron chi connectivity index (χ3n) is 2.83. The molecule has 1 N–H and O–H groups in total. The third kappa shape index (κ3) is 2.92. The van der Waals surface area contributed by atoms with Gasteiger partial charge in [-0.15, -0.1) is 6.58 Å². The Bertz CT molecular complexity index is 458. The van der Waals surface area contributed by atoms with E-state index in [0.29, 0.717) is 17.7 Å². The van der Waals surface area contributed by atoms with E-state index in [4.69, 9.17) is 0 Å². The van der Waals surface area contributed by atoms with Crippen LogP contribution in [0.3, 0.4) is 0 Å². The average Bonchev–Trinajstić information content (AvgIpc) is 2.27. The normalized spacial score (nSPS) is 11.1. The van der Waals surface area contributed by atoms with E-state index in [1.54, 1.807) is 36.1 Å². The lowest BCUT2D eigenvalue weighted by atomic mass is 10.0. The van der Waals surface area contributed by atoms with Crippen molar-refractivity contribution in [3.8, 4) is 5.75 Å². The molecule has 0 spiro atoms. The lowest BCUT2D eigenvalue weighted by molar-refractivity contribution is 0.0613. The smallest absolute Gasteiger partial charge is 0.258 e. The summed E-state index contributed by atoms with van der Waals surface area (Å²) >= 11 is 0. The molecule has 18 heavy (non-hydrogen) atoms. The number of para-hydroxylation sites is 1. The quantitative estimate of drug-likeness (QED) is 0.834. The molecule has 0 saturated carbocycles. The van der Waals surface area contributed by atoms with Crippen molar-refractivity contribution in [3.05, 3.63) is 42.0 Å². The van der Waals surface area contributed by atoms with Crippen LogP contribution in [0.15, 0.2) is 30.9 Å². The van der Waals surface area contributed by atoms with Crippen molar-refractivity contribution in [3.63, 3.8) is 0 Å². The summed E-state index contributed by atoms with van der Waals surface area (Å²) in [6.07, 6.45) is 1.69. The Labute approximate surface area is 109 Å². The maximum absolute atomic E-state index is 12.5. The maximum Gasteiger partial charge on any atom is 0.258 e. The second-order valence-electron chi connectivity index (χ2n) is 5.35. The Hall–Kier alpha value is -1.77. The molecular formula is C15H21NO2. The molecule has 0 heterocycles. The van der Waals surface area contributed by atoms with E-state index in [0.717, 1.165) is 0 Å². The standard InChI is InChI=1S/C15H21NO2/c1-6-10-16(15(3,4)5)14(18)12-9-7-8-11(2)13(12)17/h6-9,17H,1,10H2,2-5H3. The van der Waals surface area contributed by atoms with Crippen LogP contribution in [0, 0.1) is 6.92 Å². The van der Waals surface area contributed by atoms with Gasteiger partial charge in [0.2, 0.25) is 0 Å². The number of benzene rings is 1. The van der Waals surface area contributed by atoms with Crippen LogP contribution in [-0.2, 0) is 0 Å². The van der Waals surface area contributed by atoms with Gasteiger partial charge in [0.1, 0.15) is 5.75 Å². The highest BCUT2D eigenvalue weighted by molar-refractivity contribution is 5.97. The van der Waals surface area contributed by atoms with E-state index in [2.05, 4.69) is 6.58 Å². The second-order valence-corrected chi connectivity index (χ2v) is 5.35. The van der Waals surface area contributed by atoms with Crippen molar-refractivity contribution >= 4 is 5.91 Å². The van der Waals surface area contributed by atoms with Crippen molar-refractivity contribution in [2.45, 2.75) is 33.2 Å². The molecular weight excluding hydrogens is 226 g/mol. The molecule has 0 radical (unpaired) electrons. The summed E-state index contributed by atoms with van der Waals surface area (Å²) in [5.74, 6) is -0.121. The number of carbonyl (C=O) groups excluding carboxylic acids is 1. The SMILES string of the molecule is C=CCN(C(=O)c1cccc(C)c1O)C(C)(C)C. The van der Waals surface area contributed by atoms with E-state index in [1.165, 1.54) is 0 Å². The minimum Gasteiger partial charge on any atom is -0.507 e. The van der Waals surface area contributed by atoms with Gasteiger partial charge in [-0.1, -0.05) is 18.2 Å². The fraction of sp³-hybridized carbons (Fsp3) is 0.400. The van der Waals surface area contributed by atoms with E-state index < -0.39 is 0 Å². The van der Waals surface area contributed by atoms with Gasteiger partial charge in [-0.05, 0) is 39.3 Å². The second kappa shape index (κ2) is 5.25. The van der Waals surface area contributed by atoms with Crippen molar-refractivity contribution < 1.29 is 9.90 Å². The number of hydrogen-bond acceptors (Lipinski definition) is 2. The molecule has 1 rings (SSSR count). The first kappa shape index (κ1) is 14.3. The summed E-state index contributed by atoms with van der Waals surface area (Å²) in [6.45, 7) is 11.8. The molecule has 1 aromatic rings. The van der Waals surface area contributed by atoms with E-state index in [9.17, 15) is 9.90 Å². The summed E-state index contributed by atoms with van der Waals surface area (Å²) in [6, 6.07) is 5.20. The van der Waals surface area contributed by atoms with Crippen molar-refractivity contribution in [1.29, 1.82) is 0 Å². The Morgan fingerprint density at radius 2 is 2.06 bits per heavy atom. The van der Waals surface area contributed by atoms with Gasteiger partial charge in [0.05, 0.1) is 5.56 Å². The predicted octanol–water partition coefficient (Wildman–Crippen LogP) is 3.13. The summed E-state index contributed by atoms with van der Waals surface area (Å²) in [5.41, 5.74) is 0.724. The largest absolute Gasteiger partial charge is 0.507 e. The van der Waals surface area contributed by atoms with Gasteiger partial charge in [0.15, 0.2) is 0 Å². The van der Waals surface area contributed by atoms with Crippen LogP contribution >= 0.6 is 0 Å². The Morgan fingerprint density at radius 1 is 1.44 bits per heavy atom. The summed E-state index contributed by atoms with van der Waals surface area (Å²) in [4.78, 5) is 14.2. The van der Waals surface area contributed by atoms with Crippen LogP contribution < -0.4 is 0 Å². The van der Waals surface area contributed by atoms with Gasteiger partial charge < -0.3 is 10.0 Å². The molecule has 0 bridgehead atoms. The van der Waals surface area contributed by atoms with Gasteiger partial charge in [-0.2, -0.15) is 0 Å². The summed E-state index contributed by atoms with van der Waals surface area (Å²) in [5, 5.41) is 9.98. The Morgan fingerprint density at radius 3 is 2.56 bits per heavy atom. The first-order valence-electron chi connectivity index (χ1n) is 6.00. The number of phenols is 1. The van der Waals surface area contributed by atoms with Crippen LogP contribution in [0.5, 0.6) is 5.75 Å². The van der Waals surface area contributed by atoms with Crippen molar-refractivity contribution in [1.82, 2.24) is 4.90 Å². The van der Waals surface area contributed by atoms with Crippen LogP contribution in [0.1, 0.15) is 36.7 Å². The molecule has 1 amide bonds. The fourth-order valence-corrected chi connectivity index (χ4v) is 1.77. The van der Waals surface area contributed by atoms with E-state index in [-0.39, 0.29) is 17.2 Å². The zero-order chi connectivity index (χ0) is 13.9. The molecule has 0 aromatic heterocycles. The highest BCUT2D eigenvalue weighted by atomic mass is 16.3. The molecule has 0 unspecified atom stereocenters. The predicted molar refractivity (Wildman–Crippen MR) is 73.8 cm³/mol. The zero-order valence-corrected chi connectivity index (χ0v) is 11.5. The Balaban J connectivity index is 3.18. The number of amides is 1. The number of carbonyl (C=O) groups is 1.